The van der Waals surface area contributed by atoms with E-state index in [-0.39, 0.29) is 50.0 Å². The summed E-state index contributed by atoms with van der Waals surface area (Å²) in [5, 5.41) is 5.38. The number of benzene rings is 2. The Morgan fingerprint density at radius 2 is 1.63 bits per heavy atom. The number of aryl methyl sites for hydroxylation is 1. The SMILES string of the molecule is O=C(CCc1ncc(-c2ccccc2F)o1)NCCNC(=O)Cc1ccc(F)cc1. The van der Waals surface area contributed by atoms with Crippen LogP contribution in [0.25, 0.3) is 11.3 Å². The van der Waals surface area contributed by atoms with Crippen molar-refractivity contribution >= 4 is 11.8 Å². The third-order valence-electron chi connectivity index (χ3n) is 4.31. The fourth-order valence-electron chi connectivity index (χ4n) is 2.77. The zero-order valence-corrected chi connectivity index (χ0v) is 16.2. The Bertz CT molecular complexity index is 1000. The number of hydrogen-bond donors (Lipinski definition) is 2. The number of nitrogens with one attached hydrogen (secondary N) is 2. The number of rotatable bonds is 9. The summed E-state index contributed by atoms with van der Waals surface area (Å²) in [5.74, 6) is -0.525. The molecule has 0 saturated heterocycles. The number of oxazole rings is 1. The average molecular weight is 413 g/mol. The van der Waals surface area contributed by atoms with Gasteiger partial charge in [-0.2, -0.15) is 0 Å². The second-order valence-corrected chi connectivity index (χ2v) is 6.60. The Morgan fingerprint density at radius 3 is 2.37 bits per heavy atom. The monoisotopic (exact) mass is 413 g/mol. The van der Waals surface area contributed by atoms with E-state index in [1.165, 1.54) is 24.4 Å². The molecule has 0 unspecified atom stereocenters. The van der Waals surface area contributed by atoms with Crippen molar-refractivity contribution in [3.63, 3.8) is 0 Å². The third-order valence-corrected chi connectivity index (χ3v) is 4.31. The molecule has 0 aliphatic heterocycles. The van der Waals surface area contributed by atoms with Crippen molar-refractivity contribution in [2.45, 2.75) is 19.3 Å². The highest BCUT2D eigenvalue weighted by Crippen LogP contribution is 2.23. The second-order valence-electron chi connectivity index (χ2n) is 6.60. The molecule has 0 atom stereocenters. The molecule has 0 spiro atoms. The molecule has 3 rings (SSSR count). The molecule has 0 aliphatic rings. The molecule has 0 aliphatic carbocycles. The predicted octanol–water partition coefficient (Wildman–Crippen LogP) is 3.03. The smallest absolute Gasteiger partial charge is 0.224 e. The van der Waals surface area contributed by atoms with Crippen molar-refractivity contribution in [3.8, 4) is 11.3 Å². The van der Waals surface area contributed by atoms with Crippen molar-refractivity contribution in [2.24, 2.45) is 0 Å². The first-order chi connectivity index (χ1) is 14.5. The number of hydrogen-bond acceptors (Lipinski definition) is 4. The molecule has 156 valence electrons. The highest BCUT2D eigenvalue weighted by molar-refractivity contribution is 5.79. The summed E-state index contributed by atoms with van der Waals surface area (Å²) in [6, 6.07) is 11.9. The zero-order valence-electron chi connectivity index (χ0n) is 16.2. The molecule has 3 aromatic rings. The third kappa shape index (κ3) is 6.23. The largest absolute Gasteiger partial charge is 0.441 e. The van der Waals surface area contributed by atoms with Gasteiger partial charge in [-0.05, 0) is 29.8 Å². The van der Waals surface area contributed by atoms with Gasteiger partial charge in [0, 0.05) is 25.9 Å². The van der Waals surface area contributed by atoms with E-state index in [4.69, 9.17) is 4.42 Å². The van der Waals surface area contributed by atoms with Gasteiger partial charge in [-0.15, -0.1) is 0 Å². The van der Waals surface area contributed by atoms with Gasteiger partial charge in [0.1, 0.15) is 11.6 Å². The Kier molecular flexibility index (Phi) is 7.26. The molecule has 0 saturated carbocycles. The summed E-state index contributed by atoms with van der Waals surface area (Å²) in [7, 11) is 0. The normalized spacial score (nSPS) is 10.6. The van der Waals surface area contributed by atoms with E-state index < -0.39 is 5.82 Å². The average Bonchev–Trinajstić information content (AvgIpc) is 3.20. The van der Waals surface area contributed by atoms with Gasteiger partial charge in [0.25, 0.3) is 0 Å². The lowest BCUT2D eigenvalue weighted by Gasteiger charge is -2.07. The van der Waals surface area contributed by atoms with Gasteiger partial charge in [0.15, 0.2) is 11.7 Å². The number of nitrogens with zero attached hydrogens (tertiary/aromatic N) is 1. The molecular formula is C22H21F2N3O3. The van der Waals surface area contributed by atoms with E-state index in [2.05, 4.69) is 15.6 Å². The highest BCUT2D eigenvalue weighted by Gasteiger charge is 2.12. The Labute approximate surface area is 172 Å². The zero-order chi connectivity index (χ0) is 21.3. The van der Waals surface area contributed by atoms with Gasteiger partial charge >= 0.3 is 0 Å². The first-order valence-corrected chi connectivity index (χ1v) is 9.48. The standard InChI is InChI=1S/C22H21F2N3O3/c23-16-7-5-15(6-8-16)13-21(29)26-12-11-25-20(28)9-10-22-27-14-19(30-22)17-3-1-2-4-18(17)24/h1-8,14H,9-13H2,(H,25,28)(H,26,29). The molecule has 30 heavy (non-hydrogen) atoms. The van der Waals surface area contributed by atoms with Gasteiger partial charge in [-0.3, -0.25) is 9.59 Å². The van der Waals surface area contributed by atoms with E-state index >= 15 is 0 Å². The lowest BCUT2D eigenvalue weighted by atomic mass is 10.1. The van der Waals surface area contributed by atoms with E-state index in [0.29, 0.717) is 22.8 Å². The van der Waals surface area contributed by atoms with Crippen LogP contribution in [-0.2, 0) is 22.4 Å². The van der Waals surface area contributed by atoms with Crippen molar-refractivity contribution < 1.29 is 22.8 Å². The van der Waals surface area contributed by atoms with Crippen molar-refractivity contribution in [1.29, 1.82) is 0 Å². The maximum Gasteiger partial charge on any atom is 0.224 e. The molecule has 0 fully saturated rings. The van der Waals surface area contributed by atoms with Crippen LogP contribution in [0.3, 0.4) is 0 Å². The molecule has 2 aromatic carbocycles. The Balaban J connectivity index is 1.34. The molecule has 1 aromatic heterocycles. The lowest BCUT2D eigenvalue weighted by molar-refractivity contribution is -0.122. The summed E-state index contributed by atoms with van der Waals surface area (Å²) >= 11 is 0. The summed E-state index contributed by atoms with van der Waals surface area (Å²) in [4.78, 5) is 27.8. The maximum atomic E-state index is 13.8. The van der Waals surface area contributed by atoms with Crippen LogP contribution in [0.1, 0.15) is 17.9 Å². The van der Waals surface area contributed by atoms with Crippen LogP contribution in [0.5, 0.6) is 0 Å². The van der Waals surface area contributed by atoms with Crippen molar-refractivity contribution in [3.05, 3.63) is 77.8 Å². The summed E-state index contributed by atoms with van der Waals surface area (Å²) in [6.07, 6.45) is 2.00. The molecule has 2 N–H and O–H groups in total. The maximum absolute atomic E-state index is 13.8. The van der Waals surface area contributed by atoms with Gasteiger partial charge in [0.05, 0.1) is 18.2 Å². The number of carbonyl (C=O) groups is 2. The Morgan fingerprint density at radius 1 is 0.933 bits per heavy atom. The first-order valence-electron chi connectivity index (χ1n) is 9.48. The van der Waals surface area contributed by atoms with Gasteiger partial charge in [-0.25, -0.2) is 13.8 Å². The van der Waals surface area contributed by atoms with E-state index in [1.54, 1.807) is 30.3 Å². The number of aromatic nitrogens is 1. The molecule has 0 radical (unpaired) electrons. The van der Waals surface area contributed by atoms with E-state index in [1.807, 2.05) is 0 Å². The van der Waals surface area contributed by atoms with Crippen LogP contribution in [-0.4, -0.2) is 29.9 Å². The van der Waals surface area contributed by atoms with E-state index in [9.17, 15) is 18.4 Å². The predicted molar refractivity (Wildman–Crippen MR) is 106 cm³/mol. The molecule has 0 bridgehead atoms. The quantitative estimate of drug-likeness (QED) is 0.528. The van der Waals surface area contributed by atoms with Gasteiger partial charge < -0.3 is 15.1 Å². The van der Waals surface area contributed by atoms with Crippen molar-refractivity contribution in [1.82, 2.24) is 15.6 Å². The molecule has 6 nitrogen and oxygen atoms in total. The molecule has 1 heterocycles. The van der Waals surface area contributed by atoms with Crippen LogP contribution >= 0.6 is 0 Å². The summed E-state index contributed by atoms with van der Waals surface area (Å²) in [5.41, 5.74) is 1.02. The lowest BCUT2D eigenvalue weighted by Crippen LogP contribution is -2.35. The second kappa shape index (κ2) is 10.3. The Hall–Kier alpha value is -3.55. The minimum absolute atomic E-state index is 0.142. The fraction of sp³-hybridized carbons (Fsp3) is 0.227. The van der Waals surface area contributed by atoms with Gasteiger partial charge in [0.2, 0.25) is 11.8 Å². The first kappa shape index (κ1) is 21.2. The number of carbonyl (C=O) groups excluding carboxylic acids is 2. The minimum Gasteiger partial charge on any atom is -0.441 e. The number of halogens is 2. The topological polar surface area (TPSA) is 84.2 Å². The summed E-state index contributed by atoms with van der Waals surface area (Å²) in [6.45, 7) is 0.558. The van der Waals surface area contributed by atoms with Crippen LogP contribution < -0.4 is 10.6 Å². The minimum atomic E-state index is -0.403. The number of amides is 2. The van der Waals surface area contributed by atoms with Crippen LogP contribution in [0.4, 0.5) is 8.78 Å². The summed E-state index contributed by atoms with van der Waals surface area (Å²) < 4.78 is 32.1. The van der Waals surface area contributed by atoms with Gasteiger partial charge in [-0.1, -0.05) is 24.3 Å². The van der Waals surface area contributed by atoms with E-state index in [0.717, 1.165) is 0 Å². The molecule has 2 amide bonds. The fourth-order valence-corrected chi connectivity index (χ4v) is 2.77. The molecular weight excluding hydrogens is 392 g/mol. The van der Waals surface area contributed by atoms with Crippen LogP contribution in [0.2, 0.25) is 0 Å². The van der Waals surface area contributed by atoms with Crippen LogP contribution in [0, 0.1) is 11.6 Å². The highest BCUT2D eigenvalue weighted by atomic mass is 19.1. The van der Waals surface area contributed by atoms with Crippen molar-refractivity contribution in [2.75, 3.05) is 13.1 Å². The van der Waals surface area contributed by atoms with Crippen LogP contribution in [0.15, 0.2) is 59.1 Å². The molecule has 8 heteroatoms.